The zero-order valence-electron chi connectivity index (χ0n) is 15.5. The van der Waals surface area contributed by atoms with E-state index < -0.39 is 5.82 Å². The van der Waals surface area contributed by atoms with Crippen LogP contribution in [0.1, 0.15) is 0 Å². The summed E-state index contributed by atoms with van der Waals surface area (Å²) >= 11 is 5.97. The van der Waals surface area contributed by atoms with E-state index in [0.717, 1.165) is 5.52 Å². The minimum absolute atomic E-state index is 0.0866. The number of benzene rings is 2. The molecule has 0 saturated carbocycles. The van der Waals surface area contributed by atoms with E-state index in [2.05, 4.69) is 30.6 Å². The molecule has 0 aliphatic carbocycles. The average Bonchev–Trinajstić information content (AvgIpc) is 3.11. The molecule has 0 aliphatic heterocycles. The Bertz CT molecular complexity index is 1410. The van der Waals surface area contributed by atoms with Gasteiger partial charge in [0.15, 0.2) is 11.6 Å². The standard InChI is InChI=1S/C20H13ClFN7O/c1-29-17-4-3-12(7-15(17)27-28-29)30-18-5-2-11(6-14(18)22)26-20-13-8-19(21)23-9-16(13)24-10-25-20/h2-10H,1H3,(H,24,25,26). The van der Waals surface area contributed by atoms with Gasteiger partial charge in [-0.3, -0.25) is 0 Å². The highest BCUT2D eigenvalue weighted by molar-refractivity contribution is 6.30. The van der Waals surface area contributed by atoms with E-state index in [1.54, 1.807) is 42.2 Å². The normalized spacial score (nSPS) is 11.2. The number of hydrogen-bond acceptors (Lipinski definition) is 7. The number of pyridine rings is 1. The molecule has 10 heteroatoms. The number of aryl methyl sites for hydroxylation is 1. The summed E-state index contributed by atoms with van der Waals surface area (Å²) in [4.78, 5) is 12.4. The van der Waals surface area contributed by atoms with Crippen LogP contribution in [0.15, 0.2) is 55.0 Å². The van der Waals surface area contributed by atoms with Crippen molar-refractivity contribution in [2.24, 2.45) is 7.05 Å². The first-order chi connectivity index (χ1) is 14.6. The molecule has 0 spiro atoms. The van der Waals surface area contributed by atoms with Crippen molar-refractivity contribution in [2.75, 3.05) is 5.32 Å². The highest BCUT2D eigenvalue weighted by Gasteiger charge is 2.11. The summed E-state index contributed by atoms with van der Waals surface area (Å²) in [5, 5.41) is 12.1. The topological polar surface area (TPSA) is 90.6 Å². The van der Waals surface area contributed by atoms with Crippen LogP contribution in [0.25, 0.3) is 21.9 Å². The maximum atomic E-state index is 14.7. The van der Waals surface area contributed by atoms with Gasteiger partial charge in [-0.1, -0.05) is 16.8 Å². The average molecular weight is 422 g/mol. The molecule has 5 aromatic rings. The fraction of sp³-hybridized carbons (Fsp3) is 0.0500. The Kier molecular flexibility index (Phi) is 4.36. The molecule has 3 aromatic heterocycles. The van der Waals surface area contributed by atoms with Crippen molar-refractivity contribution in [3.05, 3.63) is 66.0 Å². The van der Waals surface area contributed by atoms with Crippen molar-refractivity contribution in [2.45, 2.75) is 0 Å². The smallest absolute Gasteiger partial charge is 0.167 e. The van der Waals surface area contributed by atoms with E-state index in [0.29, 0.717) is 38.8 Å². The molecule has 1 N–H and O–H groups in total. The monoisotopic (exact) mass is 421 g/mol. The van der Waals surface area contributed by atoms with Crippen molar-refractivity contribution in [3.8, 4) is 11.5 Å². The van der Waals surface area contributed by atoms with Crippen molar-refractivity contribution in [1.82, 2.24) is 29.9 Å². The molecule has 3 heterocycles. The number of fused-ring (bicyclic) bond motifs is 2. The summed E-state index contributed by atoms with van der Waals surface area (Å²) in [7, 11) is 1.80. The molecule has 2 aromatic carbocycles. The van der Waals surface area contributed by atoms with Gasteiger partial charge in [0.1, 0.15) is 28.6 Å². The fourth-order valence-corrected chi connectivity index (χ4v) is 3.20. The molecule has 0 saturated heterocycles. The quantitative estimate of drug-likeness (QED) is 0.423. The molecule has 0 atom stereocenters. The van der Waals surface area contributed by atoms with Crippen LogP contribution in [-0.4, -0.2) is 29.9 Å². The van der Waals surface area contributed by atoms with E-state index in [1.807, 2.05) is 6.07 Å². The van der Waals surface area contributed by atoms with Crippen LogP contribution >= 0.6 is 11.6 Å². The second-order valence-corrected chi connectivity index (χ2v) is 6.87. The highest BCUT2D eigenvalue weighted by Crippen LogP contribution is 2.30. The molecule has 30 heavy (non-hydrogen) atoms. The van der Waals surface area contributed by atoms with Gasteiger partial charge in [0.25, 0.3) is 0 Å². The zero-order chi connectivity index (χ0) is 20.7. The van der Waals surface area contributed by atoms with Crippen molar-refractivity contribution in [3.63, 3.8) is 0 Å². The van der Waals surface area contributed by atoms with Crippen molar-refractivity contribution < 1.29 is 9.13 Å². The molecule has 0 fully saturated rings. The van der Waals surface area contributed by atoms with Crippen LogP contribution < -0.4 is 10.1 Å². The van der Waals surface area contributed by atoms with Gasteiger partial charge in [-0.15, -0.1) is 5.10 Å². The Morgan fingerprint density at radius 3 is 2.80 bits per heavy atom. The van der Waals surface area contributed by atoms with Gasteiger partial charge in [0, 0.05) is 30.3 Å². The lowest BCUT2D eigenvalue weighted by molar-refractivity contribution is 0.443. The molecule has 148 valence electrons. The van der Waals surface area contributed by atoms with E-state index >= 15 is 0 Å². The largest absolute Gasteiger partial charge is 0.454 e. The molecule has 0 unspecified atom stereocenters. The maximum Gasteiger partial charge on any atom is 0.167 e. The van der Waals surface area contributed by atoms with Crippen LogP contribution in [0.5, 0.6) is 11.5 Å². The van der Waals surface area contributed by atoms with Crippen LogP contribution in [0.2, 0.25) is 5.15 Å². The Balaban J connectivity index is 1.41. The molecular formula is C20H13ClFN7O. The van der Waals surface area contributed by atoms with Crippen molar-refractivity contribution in [1.29, 1.82) is 0 Å². The van der Waals surface area contributed by atoms with Gasteiger partial charge in [-0.2, -0.15) is 0 Å². The Morgan fingerprint density at radius 1 is 1.03 bits per heavy atom. The molecule has 0 radical (unpaired) electrons. The minimum Gasteiger partial charge on any atom is -0.454 e. The predicted octanol–water partition coefficient (Wildman–Crippen LogP) is 4.63. The van der Waals surface area contributed by atoms with Crippen LogP contribution in [0.3, 0.4) is 0 Å². The van der Waals surface area contributed by atoms with Crippen LogP contribution in [0, 0.1) is 5.82 Å². The molecule has 5 rings (SSSR count). The van der Waals surface area contributed by atoms with E-state index in [9.17, 15) is 4.39 Å². The lowest BCUT2D eigenvalue weighted by Gasteiger charge is -2.11. The van der Waals surface area contributed by atoms with Crippen LogP contribution in [-0.2, 0) is 7.05 Å². The molecule has 0 bridgehead atoms. The second kappa shape index (κ2) is 7.20. The Morgan fingerprint density at radius 2 is 1.93 bits per heavy atom. The first-order valence-corrected chi connectivity index (χ1v) is 9.25. The molecule has 0 aliphatic rings. The number of nitrogens with one attached hydrogen (secondary N) is 1. The molecular weight excluding hydrogens is 409 g/mol. The highest BCUT2D eigenvalue weighted by atomic mass is 35.5. The lowest BCUT2D eigenvalue weighted by Crippen LogP contribution is -1.98. The third kappa shape index (κ3) is 3.35. The SMILES string of the molecule is Cn1nnc2cc(Oc3ccc(Nc4ncnc5cnc(Cl)cc45)cc3F)ccc21. The number of ether oxygens (including phenoxy) is 1. The summed E-state index contributed by atoms with van der Waals surface area (Å²) in [6.45, 7) is 0. The Labute approximate surface area is 174 Å². The van der Waals surface area contributed by atoms with Crippen molar-refractivity contribution >= 4 is 45.0 Å². The number of aromatic nitrogens is 6. The van der Waals surface area contributed by atoms with Gasteiger partial charge < -0.3 is 10.1 Å². The number of nitrogens with zero attached hydrogens (tertiary/aromatic N) is 6. The first kappa shape index (κ1) is 18.2. The maximum absolute atomic E-state index is 14.7. The predicted molar refractivity (Wildman–Crippen MR) is 111 cm³/mol. The lowest BCUT2D eigenvalue weighted by atomic mass is 10.2. The summed E-state index contributed by atoms with van der Waals surface area (Å²) < 4.78 is 22.0. The number of halogens is 2. The minimum atomic E-state index is -0.530. The number of anilines is 2. The summed E-state index contributed by atoms with van der Waals surface area (Å²) in [5.41, 5.74) is 2.64. The van der Waals surface area contributed by atoms with Gasteiger partial charge in [-0.25, -0.2) is 24.0 Å². The van der Waals surface area contributed by atoms with Gasteiger partial charge in [0.2, 0.25) is 0 Å². The third-order valence-electron chi connectivity index (χ3n) is 4.49. The van der Waals surface area contributed by atoms with E-state index in [-0.39, 0.29) is 5.75 Å². The van der Waals surface area contributed by atoms with Gasteiger partial charge >= 0.3 is 0 Å². The van der Waals surface area contributed by atoms with Gasteiger partial charge in [0.05, 0.1) is 17.2 Å². The molecule has 0 amide bonds. The van der Waals surface area contributed by atoms with E-state index in [4.69, 9.17) is 16.3 Å². The fourth-order valence-electron chi connectivity index (χ4n) is 3.04. The van der Waals surface area contributed by atoms with Crippen LogP contribution in [0.4, 0.5) is 15.9 Å². The Hall–Kier alpha value is -3.85. The summed E-state index contributed by atoms with van der Waals surface area (Å²) in [5.74, 6) is 0.512. The second-order valence-electron chi connectivity index (χ2n) is 6.48. The third-order valence-corrected chi connectivity index (χ3v) is 4.70. The summed E-state index contributed by atoms with van der Waals surface area (Å²) in [6, 6.07) is 11.5. The van der Waals surface area contributed by atoms with Gasteiger partial charge in [-0.05, 0) is 30.3 Å². The number of hydrogen-bond donors (Lipinski definition) is 1. The molecule has 8 nitrogen and oxygen atoms in total. The zero-order valence-corrected chi connectivity index (χ0v) is 16.3. The summed E-state index contributed by atoms with van der Waals surface area (Å²) in [6.07, 6.45) is 2.95. The number of rotatable bonds is 4. The first-order valence-electron chi connectivity index (χ1n) is 8.87. The van der Waals surface area contributed by atoms with E-state index in [1.165, 1.54) is 18.5 Å².